The fraction of sp³-hybridized carbons (Fsp3) is 0.318. The third kappa shape index (κ3) is 7.78. The zero-order valence-corrected chi connectivity index (χ0v) is 20.7. The summed E-state index contributed by atoms with van der Waals surface area (Å²) in [5.74, 6) is 0.556. The number of halogens is 1. The van der Waals surface area contributed by atoms with Crippen LogP contribution in [0.25, 0.3) is 0 Å². The smallest absolute Gasteiger partial charge is 0.240 e. The molecule has 0 spiro atoms. The molecule has 33 heavy (non-hydrogen) atoms. The third-order valence-corrected chi connectivity index (χ3v) is 7.23. The number of hydrogen-bond acceptors (Lipinski definition) is 7. The van der Waals surface area contributed by atoms with Gasteiger partial charge >= 0.3 is 0 Å². The summed E-state index contributed by atoms with van der Waals surface area (Å²) in [7, 11) is -3.58. The summed E-state index contributed by atoms with van der Waals surface area (Å²) < 4.78 is 32.9. The minimum atomic E-state index is -3.58. The van der Waals surface area contributed by atoms with E-state index >= 15 is 0 Å². The predicted molar refractivity (Wildman–Crippen MR) is 130 cm³/mol. The third-order valence-electron chi connectivity index (χ3n) is 4.62. The molecule has 3 aromatic rings. The number of sulfonamides is 1. The van der Waals surface area contributed by atoms with Gasteiger partial charge in [-0.1, -0.05) is 40.6 Å². The number of carbonyl (C=O) groups excluding carboxylic acids is 1. The monoisotopic (exact) mass is 508 g/mol. The maximum absolute atomic E-state index is 12.3. The maximum atomic E-state index is 12.3. The van der Waals surface area contributed by atoms with Gasteiger partial charge in [-0.3, -0.25) is 4.79 Å². The molecule has 1 heterocycles. The molecule has 3 rings (SSSR count). The van der Waals surface area contributed by atoms with Crippen molar-refractivity contribution in [1.29, 1.82) is 0 Å². The fourth-order valence-corrected chi connectivity index (χ4v) is 4.88. The van der Waals surface area contributed by atoms with Crippen LogP contribution in [0.5, 0.6) is 5.75 Å². The molecule has 11 heteroatoms. The Bertz CT molecular complexity index is 1200. The summed E-state index contributed by atoms with van der Waals surface area (Å²) in [6.45, 7) is 4.39. The molecular weight excluding hydrogens is 484 g/mol. The first kappa shape index (κ1) is 25.1. The molecule has 0 aliphatic rings. The highest BCUT2D eigenvalue weighted by atomic mass is 35.5. The van der Waals surface area contributed by atoms with E-state index in [0.29, 0.717) is 34.6 Å². The first-order valence-corrected chi connectivity index (χ1v) is 13.0. The number of anilines is 1. The molecule has 1 amide bonds. The Hall–Kier alpha value is -2.53. The molecule has 0 unspecified atom stereocenters. The van der Waals surface area contributed by atoms with Crippen molar-refractivity contribution >= 4 is 44.0 Å². The predicted octanol–water partition coefficient (Wildman–Crippen LogP) is 4.13. The van der Waals surface area contributed by atoms with E-state index in [1.54, 1.807) is 36.4 Å². The highest BCUT2D eigenvalue weighted by molar-refractivity contribution is 7.89. The van der Waals surface area contributed by atoms with Gasteiger partial charge in [0, 0.05) is 24.4 Å². The number of aromatic nitrogens is 2. The average Bonchev–Trinajstić information content (AvgIpc) is 3.19. The minimum Gasteiger partial charge on any atom is -0.493 e. The van der Waals surface area contributed by atoms with E-state index in [-0.39, 0.29) is 23.8 Å². The number of carbonyl (C=O) groups is 1. The molecule has 1 aromatic heterocycles. The van der Waals surface area contributed by atoms with E-state index < -0.39 is 10.0 Å². The molecule has 8 nitrogen and oxygen atoms in total. The fourth-order valence-electron chi connectivity index (χ4n) is 2.87. The molecule has 0 saturated heterocycles. The lowest BCUT2D eigenvalue weighted by Gasteiger charge is -2.09. The second kappa shape index (κ2) is 11.6. The summed E-state index contributed by atoms with van der Waals surface area (Å²) in [5, 5.41) is 12.3. The lowest BCUT2D eigenvalue weighted by Crippen LogP contribution is -2.25. The zero-order chi connectivity index (χ0) is 23.8. The van der Waals surface area contributed by atoms with Gasteiger partial charge in [0.25, 0.3) is 0 Å². The van der Waals surface area contributed by atoms with Crippen LogP contribution in [0.3, 0.4) is 0 Å². The van der Waals surface area contributed by atoms with Crippen LogP contribution in [0, 0.1) is 13.8 Å². The molecule has 0 atom stereocenters. The topological polar surface area (TPSA) is 110 Å². The first-order chi connectivity index (χ1) is 15.7. The summed E-state index contributed by atoms with van der Waals surface area (Å²) in [5.41, 5.74) is 1.93. The van der Waals surface area contributed by atoms with Gasteiger partial charge < -0.3 is 10.1 Å². The summed E-state index contributed by atoms with van der Waals surface area (Å²) in [4.78, 5) is 12.4. The highest BCUT2D eigenvalue weighted by Gasteiger charge is 2.14. The van der Waals surface area contributed by atoms with Gasteiger partial charge in [-0.25, -0.2) is 13.1 Å². The van der Waals surface area contributed by atoms with Crippen LogP contribution < -0.4 is 14.8 Å². The van der Waals surface area contributed by atoms with E-state index in [1.807, 2.05) is 19.9 Å². The van der Waals surface area contributed by atoms with Crippen molar-refractivity contribution in [2.24, 2.45) is 0 Å². The number of hydrogen-bond donors (Lipinski definition) is 2. The Morgan fingerprint density at radius 3 is 2.61 bits per heavy atom. The Morgan fingerprint density at radius 1 is 1.12 bits per heavy atom. The number of benzene rings is 2. The van der Waals surface area contributed by atoms with Crippen LogP contribution in [-0.4, -0.2) is 37.7 Å². The van der Waals surface area contributed by atoms with Crippen molar-refractivity contribution in [3.63, 3.8) is 0 Å². The van der Waals surface area contributed by atoms with Gasteiger partial charge in [0.1, 0.15) is 10.8 Å². The normalized spacial score (nSPS) is 11.4. The molecule has 0 bridgehead atoms. The van der Waals surface area contributed by atoms with Gasteiger partial charge in [0.05, 0.1) is 11.5 Å². The molecule has 0 aliphatic carbocycles. The van der Waals surface area contributed by atoms with Crippen LogP contribution >= 0.6 is 22.9 Å². The van der Waals surface area contributed by atoms with E-state index in [0.717, 1.165) is 16.9 Å². The van der Waals surface area contributed by atoms with Crippen molar-refractivity contribution < 1.29 is 17.9 Å². The summed E-state index contributed by atoms with van der Waals surface area (Å²) >= 11 is 7.14. The van der Waals surface area contributed by atoms with Crippen molar-refractivity contribution in [3.8, 4) is 5.75 Å². The molecule has 0 aliphatic heterocycles. The van der Waals surface area contributed by atoms with Gasteiger partial charge in [0.15, 0.2) is 0 Å². The Labute approximate surface area is 202 Å². The molecule has 2 aromatic carbocycles. The number of rotatable bonds is 11. The SMILES string of the molecule is Cc1ccc(S(=O)(=O)NCCc2nnc(NC(=O)CCCOc3ccc(Cl)cc3C)s2)cc1. The summed E-state index contributed by atoms with van der Waals surface area (Å²) in [6, 6.07) is 12.0. The summed E-state index contributed by atoms with van der Waals surface area (Å²) in [6.07, 6.45) is 1.19. The molecule has 0 radical (unpaired) electrons. The quantitative estimate of drug-likeness (QED) is 0.377. The number of nitrogens with one attached hydrogen (secondary N) is 2. The Kier molecular flexibility index (Phi) is 8.79. The van der Waals surface area contributed by atoms with Crippen molar-refractivity contribution in [2.75, 3.05) is 18.5 Å². The average molecular weight is 509 g/mol. The van der Waals surface area contributed by atoms with E-state index in [9.17, 15) is 13.2 Å². The van der Waals surface area contributed by atoms with Gasteiger partial charge in [-0.2, -0.15) is 0 Å². The first-order valence-electron chi connectivity index (χ1n) is 10.3. The standard InChI is InChI=1S/C22H25ClN4O4S2/c1-15-5-8-18(9-6-15)33(29,30)24-12-11-21-26-27-22(32-21)25-20(28)4-3-13-31-19-10-7-17(23)14-16(19)2/h5-10,14,24H,3-4,11-13H2,1-2H3,(H,25,27,28). The number of amides is 1. The lowest BCUT2D eigenvalue weighted by molar-refractivity contribution is -0.116. The van der Waals surface area contributed by atoms with Crippen LogP contribution in [-0.2, 0) is 21.2 Å². The van der Waals surface area contributed by atoms with Crippen LogP contribution in [0.4, 0.5) is 5.13 Å². The number of ether oxygens (including phenoxy) is 1. The van der Waals surface area contributed by atoms with Crippen molar-refractivity contribution in [2.45, 2.75) is 38.0 Å². The zero-order valence-electron chi connectivity index (χ0n) is 18.3. The van der Waals surface area contributed by atoms with E-state index in [1.165, 1.54) is 11.3 Å². The molecular formula is C22H25ClN4O4S2. The van der Waals surface area contributed by atoms with Gasteiger partial charge in [-0.15, -0.1) is 10.2 Å². The van der Waals surface area contributed by atoms with Crippen LogP contribution in [0.1, 0.15) is 29.0 Å². The number of aryl methyl sites for hydroxylation is 2. The molecule has 0 saturated carbocycles. The van der Waals surface area contributed by atoms with Gasteiger partial charge in [-0.05, 0) is 56.2 Å². The van der Waals surface area contributed by atoms with E-state index in [2.05, 4.69) is 20.2 Å². The second-order valence-corrected chi connectivity index (χ2v) is 10.6. The molecule has 176 valence electrons. The largest absolute Gasteiger partial charge is 0.493 e. The minimum absolute atomic E-state index is 0.181. The van der Waals surface area contributed by atoms with Gasteiger partial charge in [0.2, 0.25) is 21.1 Å². The molecule has 2 N–H and O–H groups in total. The Morgan fingerprint density at radius 2 is 1.88 bits per heavy atom. The molecule has 0 fully saturated rings. The number of nitrogens with zero attached hydrogens (tertiary/aromatic N) is 2. The maximum Gasteiger partial charge on any atom is 0.240 e. The van der Waals surface area contributed by atoms with Crippen molar-refractivity contribution in [1.82, 2.24) is 14.9 Å². The van der Waals surface area contributed by atoms with Crippen molar-refractivity contribution in [3.05, 3.63) is 63.6 Å². The van der Waals surface area contributed by atoms with E-state index in [4.69, 9.17) is 16.3 Å². The lowest BCUT2D eigenvalue weighted by atomic mass is 10.2. The highest BCUT2D eigenvalue weighted by Crippen LogP contribution is 2.22. The second-order valence-electron chi connectivity index (χ2n) is 7.37. The Balaban J connectivity index is 1.38. The van der Waals surface area contributed by atoms with Crippen LogP contribution in [0.15, 0.2) is 47.4 Å². The van der Waals surface area contributed by atoms with Crippen LogP contribution in [0.2, 0.25) is 5.02 Å².